The number of halogens is 1. The summed E-state index contributed by atoms with van der Waals surface area (Å²) in [6.45, 7) is 9.38. The summed E-state index contributed by atoms with van der Waals surface area (Å²) in [5, 5.41) is 9.85. The number of thiazole rings is 1. The first-order chi connectivity index (χ1) is 19.9. The molecule has 0 amide bonds. The molecule has 42 heavy (non-hydrogen) atoms. The number of carboxylic acid groups (broad SMARTS) is 1. The van der Waals surface area contributed by atoms with Gasteiger partial charge in [0.05, 0.1) is 46.1 Å². The van der Waals surface area contributed by atoms with Crippen molar-refractivity contribution in [1.82, 2.24) is 0 Å². The molecule has 3 aromatic rings. The van der Waals surface area contributed by atoms with Crippen LogP contribution in [0, 0.1) is 0 Å². The highest BCUT2D eigenvalue weighted by Gasteiger charge is 2.39. The van der Waals surface area contributed by atoms with E-state index in [1.807, 2.05) is 0 Å². The third-order valence-electron chi connectivity index (χ3n) is 7.11. The molecular weight excluding hydrogens is 576 g/mol. The molecular formula is C32H41ClN2O6S. The molecule has 0 saturated carbocycles. The lowest BCUT2D eigenvalue weighted by Crippen LogP contribution is -3.00. The third-order valence-corrected chi connectivity index (χ3v) is 8.24. The van der Waals surface area contributed by atoms with Crippen molar-refractivity contribution < 1.29 is 45.8 Å². The Hall–Kier alpha value is -2.79. The summed E-state index contributed by atoms with van der Waals surface area (Å²) in [5.74, 6) is -0.858. The number of aromatic nitrogens is 1. The highest BCUT2D eigenvalue weighted by atomic mass is 35.5. The number of hydrogen-bond donors (Lipinski definition) is 1. The summed E-state index contributed by atoms with van der Waals surface area (Å²) >= 11 is 1.76. The molecule has 0 radical (unpaired) electrons. The maximum absolute atomic E-state index is 10.6. The second kappa shape index (κ2) is 16.7. The summed E-state index contributed by atoms with van der Waals surface area (Å²) in [5.41, 5.74) is 4.83. The van der Waals surface area contributed by atoms with Gasteiger partial charge in [-0.1, -0.05) is 61.6 Å². The summed E-state index contributed by atoms with van der Waals surface area (Å²) < 4.78 is 25.6. The van der Waals surface area contributed by atoms with Crippen LogP contribution >= 0.6 is 11.3 Å². The minimum absolute atomic E-state index is 0. The molecule has 1 aliphatic rings. The molecule has 0 unspecified atom stereocenters. The zero-order chi connectivity index (χ0) is 29.1. The van der Waals surface area contributed by atoms with Gasteiger partial charge in [-0.3, -0.25) is 4.79 Å². The number of hydrogen-bond acceptors (Lipinski definition) is 7. The first-order valence-electron chi connectivity index (χ1n) is 14.0. The van der Waals surface area contributed by atoms with E-state index in [2.05, 4.69) is 90.1 Å². The molecule has 228 valence electrons. The quantitative estimate of drug-likeness (QED) is 0.184. The van der Waals surface area contributed by atoms with Gasteiger partial charge >= 0.3 is 5.97 Å². The standard InChI is InChI=1S/C32H40N2O6S.ClH/c1-32(2)25-9-4-5-10-26(25)33(16-19-39-22-21-37-3)29(32)13-8-14-30-34(27-11-6-7-12-28(27)41-30)17-20-40-24-23-38-18-15-31(35)36;/h4-14H,15-24H2,1-3H3;1H. The minimum Gasteiger partial charge on any atom is -1.00 e. The first-order valence-corrected chi connectivity index (χ1v) is 14.9. The topological polar surface area (TPSA) is 81.3 Å². The van der Waals surface area contributed by atoms with E-state index in [9.17, 15) is 4.79 Å². The number of ether oxygens (including phenoxy) is 4. The highest BCUT2D eigenvalue weighted by Crippen LogP contribution is 2.47. The van der Waals surface area contributed by atoms with E-state index in [-0.39, 0.29) is 30.8 Å². The van der Waals surface area contributed by atoms with E-state index in [1.54, 1.807) is 18.4 Å². The fourth-order valence-electron chi connectivity index (χ4n) is 5.05. The third kappa shape index (κ3) is 8.63. The number of aliphatic carboxylic acids is 1. The van der Waals surface area contributed by atoms with Gasteiger partial charge in [-0.2, -0.15) is 4.57 Å². The maximum Gasteiger partial charge on any atom is 0.305 e. The Morgan fingerprint density at radius 2 is 1.64 bits per heavy atom. The van der Waals surface area contributed by atoms with Crippen molar-refractivity contribution in [2.24, 2.45) is 0 Å². The number of allylic oxidation sites excluding steroid dienone is 3. The molecule has 0 saturated heterocycles. The summed E-state index contributed by atoms with van der Waals surface area (Å²) in [6, 6.07) is 17.0. The SMILES string of the molecule is COCCOCCN1C(=CC=Cc2sc3ccccc3[n+]2CCOCCOCCC(=O)O)C(C)(C)c2ccccc21.[Cl-]. The smallest absolute Gasteiger partial charge is 0.305 e. The average molecular weight is 617 g/mol. The van der Waals surface area contributed by atoms with Crippen LogP contribution in [0.4, 0.5) is 5.69 Å². The average Bonchev–Trinajstić information content (AvgIpc) is 3.41. The lowest BCUT2D eigenvalue weighted by Gasteiger charge is -2.27. The molecule has 0 bridgehead atoms. The fraction of sp³-hybridized carbons (Fsp3) is 0.438. The summed E-state index contributed by atoms with van der Waals surface area (Å²) in [6.07, 6.45) is 6.57. The van der Waals surface area contributed by atoms with E-state index in [0.29, 0.717) is 46.2 Å². The fourth-order valence-corrected chi connectivity index (χ4v) is 6.15. The van der Waals surface area contributed by atoms with Crippen LogP contribution in [0.2, 0.25) is 0 Å². The van der Waals surface area contributed by atoms with Crippen LogP contribution in [0.15, 0.2) is 66.4 Å². The van der Waals surface area contributed by atoms with Crippen LogP contribution in [-0.4, -0.2) is 71.0 Å². The largest absolute Gasteiger partial charge is 1.00 e. The van der Waals surface area contributed by atoms with Gasteiger partial charge in [0.15, 0.2) is 6.54 Å². The van der Waals surface area contributed by atoms with Crippen molar-refractivity contribution >= 4 is 39.3 Å². The number of carboxylic acids is 1. The van der Waals surface area contributed by atoms with E-state index in [4.69, 9.17) is 24.1 Å². The highest BCUT2D eigenvalue weighted by molar-refractivity contribution is 7.18. The van der Waals surface area contributed by atoms with Gasteiger partial charge in [-0.25, -0.2) is 0 Å². The van der Waals surface area contributed by atoms with Crippen molar-refractivity contribution in [3.8, 4) is 0 Å². The molecule has 2 heterocycles. The number of anilines is 1. The van der Waals surface area contributed by atoms with Gasteiger partial charge in [-0.15, -0.1) is 0 Å². The molecule has 1 aliphatic heterocycles. The molecule has 0 atom stereocenters. The normalized spacial score (nSPS) is 15.0. The maximum atomic E-state index is 10.6. The summed E-state index contributed by atoms with van der Waals surface area (Å²) in [7, 11) is 1.69. The second-order valence-corrected chi connectivity index (χ2v) is 11.3. The Labute approximate surface area is 258 Å². The van der Waals surface area contributed by atoms with Crippen molar-refractivity contribution in [1.29, 1.82) is 0 Å². The number of fused-ring (bicyclic) bond motifs is 2. The molecule has 4 rings (SSSR count). The lowest BCUT2D eigenvalue weighted by molar-refractivity contribution is -0.670. The van der Waals surface area contributed by atoms with Gasteiger partial charge in [0.1, 0.15) is 11.3 Å². The predicted octanol–water partition coefficient (Wildman–Crippen LogP) is 2.06. The van der Waals surface area contributed by atoms with E-state index < -0.39 is 5.97 Å². The number of carbonyl (C=O) groups is 1. The molecule has 8 nitrogen and oxygen atoms in total. The van der Waals surface area contributed by atoms with Gasteiger partial charge in [0, 0.05) is 42.6 Å². The Morgan fingerprint density at radius 3 is 2.43 bits per heavy atom. The van der Waals surface area contributed by atoms with Crippen molar-refractivity contribution in [3.05, 3.63) is 77.0 Å². The van der Waals surface area contributed by atoms with Gasteiger partial charge in [-0.05, 0) is 23.8 Å². The van der Waals surface area contributed by atoms with E-state index >= 15 is 0 Å². The van der Waals surface area contributed by atoms with E-state index in [0.717, 1.165) is 11.6 Å². The Bertz CT molecular complexity index is 1360. The second-order valence-electron chi connectivity index (χ2n) is 10.2. The van der Waals surface area contributed by atoms with Crippen LogP contribution in [0.3, 0.4) is 0 Å². The van der Waals surface area contributed by atoms with Crippen LogP contribution in [-0.2, 0) is 35.7 Å². The van der Waals surface area contributed by atoms with Gasteiger partial charge in [0.25, 0.3) is 5.01 Å². The predicted molar refractivity (Wildman–Crippen MR) is 163 cm³/mol. The number of nitrogens with zero attached hydrogens (tertiary/aromatic N) is 2. The lowest BCUT2D eigenvalue weighted by atomic mass is 9.84. The molecule has 0 aliphatic carbocycles. The zero-order valence-corrected chi connectivity index (χ0v) is 26.2. The Morgan fingerprint density at radius 1 is 0.952 bits per heavy atom. The van der Waals surface area contributed by atoms with Crippen LogP contribution in [0.5, 0.6) is 0 Å². The van der Waals surface area contributed by atoms with Crippen molar-refractivity contribution in [3.63, 3.8) is 0 Å². The van der Waals surface area contributed by atoms with Gasteiger partial charge < -0.3 is 41.4 Å². The monoisotopic (exact) mass is 616 g/mol. The van der Waals surface area contributed by atoms with Crippen molar-refractivity contribution in [2.75, 3.05) is 64.8 Å². The van der Waals surface area contributed by atoms with Crippen LogP contribution < -0.4 is 21.9 Å². The van der Waals surface area contributed by atoms with Crippen molar-refractivity contribution in [2.45, 2.75) is 32.2 Å². The Balaban J connectivity index is 0.00000484. The number of para-hydroxylation sites is 2. The molecule has 1 N–H and O–H groups in total. The number of benzene rings is 2. The van der Waals surface area contributed by atoms with Crippen LogP contribution in [0.25, 0.3) is 16.3 Å². The molecule has 2 aromatic carbocycles. The van der Waals surface area contributed by atoms with Gasteiger partial charge in [0.2, 0.25) is 5.52 Å². The number of rotatable bonds is 17. The van der Waals surface area contributed by atoms with Crippen LogP contribution in [0.1, 0.15) is 30.8 Å². The molecule has 0 spiro atoms. The minimum atomic E-state index is -0.858. The number of methoxy groups -OCH3 is 1. The summed E-state index contributed by atoms with van der Waals surface area (Å²) in [4.78, 5) is 13.0. The molecule has 0 fully saturated rings. The first kappa shape index (κ1) is 33.7. The van der Waals surface area contributed by atoms with E-state index in [1.165, 1.54) is 27.2 Å². The zero-order valence-electron chi connectivity index (χ0n) is 24.6. The Kier molecular flexibility index (Phi) is 13.4. The molecule has 10 heteroatoms. The molecule has 1 aromatic heterocycles.